The highest BCUT2D eigenvalue weighted by molar-refractivity contribution is 6.30. The molecule has 4 nitrogen and oxygen atoms in total. The van der Waals surface area contributed by atoms with Gasteiger partial charge in [-0.3, -0.25) is 4.79 Å². The Balaban J connectivity index is 2.04. The Morgan fingerprint density at radius 3 is 2.71 bits per heavy atom. The van der Waals surface area contributed by atoms with E-state index in [9.17, 15) is 9.90 Å². The molecule has 2 aromatic rings. The van der Waals surface area contributed by atoms with Crippen LogP contribution in [0, 0.1) is 6.92 Å². The minimum atomic E-state index is -0.690. The van der Waals surface area contributed by atoms with E-state index in [4.69, 9.17) is 16.3 Å². The number of carbonyl (C=O) groups excluding carboxylic acids is 1. The molecule has 0 aromatic heterocycles. The number of ether oxygens (including phenoxy) is 1. The van der Waals surface area contributed by atoms with Crippen LogP contribution in [0.25, 0.3) is 0 Å². The van der Waals surface area contributed by atoms with Crippen LogP contribution in [0.4, 0.5) is 5.69 Å². The molecule has 1 atom stereocenters. The fourth-order valence-corrected chi connectivity index (χ4v) is 1.97. The summed E-state index contributed by atoms with van der Waals surface area (Å²) in [5.41, 5.74) is 1.17. The lowest BCUT2D eigenvalue weighted by Crippen LogP contribution is -2.30. The van der Waals surface area contributed by atoms with Crippen molar-refractivity contribution in [1.82, 2.24) is 0 Å². The molecule has 0 bridgehead atoms. The summed E-state index contributed by atoms with van der Waals surface area (Å²) in [5, 5.41) is 12.9. The number of phenolic OH excluding ortho intramolecular Hbond substituents is 1. The van der Waals surface area contributed by atoms with Crippen LogP contribution in [0.1, 0.15) is 12.5 Å². The third kappa shape index (κ3) is 3.89. The lowest BCUT2D eigenvalue weighted by Gasteiger charge is -2.16. The topological polar surface area (TPSA) is 58.6 Å². The molecule has 0 aliphatic heterocycles. The zero-order chi connectivity index (χ0) is 15.4. The van der Waals surface area contributed by atoms with Crippen molar-refractivity contribution >= 4 is 23.2 Å². The van der Waals surface area contributed by atoms with Gasteiger partial charge in [0.1, 0.15) is 11.5 Å². The van der Waals surface area contributed by atoms with E-state index in [1.807, 2.05) is 0 Å². The Labute approximate surface area is 128 Å². The zero-order valence-corrected chi connectivity index (χ0v) is 12.5. The average Bonchev–Trinajstić information content (AvgIpc) is 2.44. The van der Waals surface area contributed by atoms with E-state index in [2.05, 4.69) is 5.32 Å². The maximum absolute atomic E-state index is 12.1. The molecule has 0 spiro atoms. The minimum absolute atomic E-state index is 0.135. The number of phenols is 1. The summed E-state index contributed by atoms with van der Waals surface area (Å²) in [7, 11) is 0. The van der Waals surface area contributed by atoms with Gasteiger partial charge in [-0.05, 0) is 44.2 Å². The van der Waals surface area contributed by atoms with E-state index < -0.39 is 6.10 Å². The molecule has 110 valence electrons. The van der Waals surface area contributed by atoms with Crippen LogP contribution in [0.5, 0.6) is 11.5 Å². The van der Waals surface area contributed by atoms with Crippen molar-refractivity contribution in [3.05, 3.63) is 53.1 Å². The van der Waals surface area contributed by atoms with Crippen molar-refractivity contribution in [2.24, 2.45) is 0 Å². The van der Waals surface area contributed by atoms with Gasteiger partial charge in [-0.15, -0.1) is 0 Å². The van der Waals surface area contributed by atoms with Gasteiger partial charge in [0.2, 0.25) is 0 Å². The van der Waals surface area contributed by atoms with Crippen LogP contribution in [0.3, 0.4) is 0 Å². The summed E-state index contributed by atoms with van der Waals surface area (Å²) in [6.45, 7) is 3.38. The molecule has 2 N–H and O–H groups in total. The van der Waals surface area contributed by atoms with Gasteiger partial charge >= 0.3 is 0 Å². The molecule has 2 aromatic carbocycles. The van der Waals surface area contributed by atoms with Crippen molar-refractivity contribution in [1.29, 1.82) is 0 Å². The SMILES string of the molecule is Cc1c(O)cccc1NC(=O)C(C)Oc1cccc(Cl)c1. The number of aromatic hydroxyl groups is 1. The molecule has 0 heterocycles. The molecule has 1 amide bonds. The molecule has 1 unspecified atom stereocenters. The largest absolute Gasteiger partial charge is 0.508 e. The first-order valence-corrected chi connectivity index (χ1v) is 6.87. The summed E-state index contributed by atoms with van der Waals surface area (Å²) in [5.74, 6) is 0.359. The van der Waals surface area contributed by atoms with Gasteiger partial charge in [0.25, 0.3) is 5.91 Å². The van der Waals surface area contributed by atoms with E-state index in [0.717, 1.165) is 0 Å². The molecule has 0 saturated heterocycles. The molecule has 2 rings (SSSR count). The summed E-state index contributed by atoms with van der Waals surface area (Å²) in [4.78, 5) is 12.1. The number of amides is 1. The van der Waals surface area contributed by atoms with Gasteiger partial charge in [-0.2, -0.15) is 0 Å². The molecule has 0 fully saturated rings. The maximum atomic E-state index is 12.1. The second kappa shape index (κ2) is 6.50. The van der Waals surface area contributed by atoms with Gasteiger partial charge in [0.15, 0.2) is 6.10 Å². The van der Waals surface area contributed by atoms with E-state index in [1.165, 1.54) is 0 Å². The molecule has 0 saturated carbocycles. The zero-order valence-electron chi connectivity index (χ0n) is 11.8. The van der Waals surface area contributed by atoms with Gasteiger partial charge in [0.05, 0.1) is 0 Å². The third-order valence-corrected chi connectivity index (χ3v) is 3.28. The summed E-state index contributed by atoms with van der Waals surface area (Å²) in [6, 6.07) is 11.8. The Kier molecular flexibility index (Phi) is 4.70. The second-order valence-corrected chi connectivity index (χ2v) is 5.09. The number of hydrogen-bond acceptors (Lipinski definition) is 3. The fraction of sp³-hybridized carbons (Fsp3) is 0.188. The Morgan fingerprint density at radius 2 is 2.00 bits per heavy atom. The summed E-state index contributed by atoms with van der Waals surface area (Å²) >= 11 is 5.87. The molecule has 0 radical (unpaired) electrons. The first kappa shape index (κ1) is 15.2. The van der Waals surface area contributed by atoms with E-state index >= 15 is 0 Å². The number of anilines is 1. The predicted octanol–water partition coefficient (Wildman–Crippen LogP) is 3.76. The number of nitrogens with one attached hydrogen (secondary N) is 1. The highest BCUT2D eigenvalue weighted by Crippen LogP contribution is 2.24. The Morgan fingerprint density at radius 1 is 1.29 bits per heavy atom. The second-order valence-electron chi connectivity index (χ2n) is 4.66. The monoisotopic (exact) mass is 305 g/mol. The molecular formula is C16H16ClNO3. The fourth-order valence-electron chi connectivity index (χ4n) is 1.79. The Hall–Kier alpha value is -2.20. The van der Waals surface area contributed by atoms with E-state index in [1.54, 1.807) is 56.3 Å². The number of halogens is 1. The van der Waals surface area contributed by atoms with E-state index in [-0.39, 0.29) is 11.7 Å². The Bertz CT molecular complexity index is 658. The highest BCUT2D eigenvalue weighted by Gasteiger charge is 2.16. The van der Waals surface area contributed by atoms with Gasteiger partial charge in [-0.1, -0.05) is 23.7 Å². The van der Waals surface area contributed by atoms with Crippen molar-refractivity contribution in [2.45, 2.75) is 20.0 Å². The van der Waals surface area contributed by atoms with Gasteiger partial charge < -0.3 is 15.2 Å². The third-order valence-electron chi connectivity index (χ3n) is 3.04. The quantitative estimate of drug-likeness (QED) is 0.904. The minimum Gasteiger partial charge on any atom is -0.508 e. The highest BCUT2D eigenvalue weighted by atomic mass is 35.5. The lowest BCUT2D eigenvalue weighted by molar-refractivity contribution is -0.122. The molecule has 0 aliphatic carbocycles. The lowest BCUT2D eigenvalue weighted by atomic mass is 10.1. The van der Waals surface area contributed by atoms with E-state index in [0.29, 0.717) is 22.0 Å². The van der Waals surface area contributed by atoms with Crippen LogP contribution in [-0.4, -0.2) is 17.1 Å². The summed E-state index contributed by atoms with van der Waals surface area (Å²) < 4.78 is 5.54. The predicted molar refractivity (Wildman–Crippen MR) is 83.0 cm³/mol. The first-order chi connectivity index (χ1) is 9.97. The molecule has 0 aliphatic rings. The standard InChI is InChI=1S/C16H16ClNO3/c1-10-14(7-4-8-15(10)19)18-16(20)11(2)21-13-6-3-5-12(17)9-13/h3-9,11,19H,1-2H3,(H,18,20). The average molecular weight is 306 g/mol. The van der Waals surface area contributed by atoms with Crippen LogP contribution in [0.2, 0.25) is 5.02 Å². The normalized spacial score (nSPS) is 11.8. The van der Waals surface area contributed by atoms with Gasteiger partial charge in [-0.25, -0.2) is 0 Å². The van der Waals surface area contributed by atoms with Crippen LogP contribution in [0.15, 0.2) is 42.5 Å². The van der Waals surface area contributed by atoms with Crippen molar-refractivity contribution in [2.75, 3.05) is 5.32 Å². The summed E-state index contributed by atoms with van der Waals surface area (Å²) in [6.07, 6.45) is -0.690. The molecular weight excluding hydrogens is 290 g/mol. The number of benzene rings is 2. The molecule has 21 heavy (non-hydrogen) atoms. The van der Waals surface area contributed by atoms with Crippen molar-refractivity contribution < 1.29 is 14.6 Å². The molecule has 5 heteroatoms. The van der Waals surface area contributed by atoms with Crippen LogP contribution >= 0.6 is 11.6 Å². The van der Waals surface area contributed by atoms with Gasteiger partial charge in [0, 0.05) is 16.3 Å². The van der Waals surface area contributed by atoms with Crippen molar-refractivity contribution in [3.63, 3.8) is 0 Å². The van der Waals surface area contributed by atoms with Crippen LogP contribution < -0.4 is 10.1 Å². The number of rotatable bonds is 4. The van der Waals surface area contributed by atoms with Crippen LogP contribution in [-0.2, 0) is 4.79 Å². The van der Waals surface area contributed by atoms with Crippen molar-refractivity contribution in [3.8, 4) is 11.5 Å². The smallest absolute Gasteiger partial charge is 0.265 e. The first-order valence-electron chi connectivity index (χ1n) is 6.49. The number of hydrogen-bond donors (Lipinski definition) is 2. The maximum Gasteiger partial charge on any atom is 0.265 e. The number of carbonyl (C=O) groups is 1.